The average molecular weight is 399 g/mol. The fourth-order valence-electron chi connectivity index (χ4n) is 2.76. The van der Waals surface area contributed by atoms with Gasteiger partial charge in [-0.2, -0.15) is 0 Å². The van der Waals surface area contributed by atoms with Crippen LogP contribution in [0, 0.1) is 0 Å². The van der Waals surface area contributed by atoms with Crippen molar-refractivity contribution in [2.75, 3.05) is 12.1 Å². The topological polar surface area (TPSA) is 89.8 Å². The first kappa shape index (κ1) is 17.9. The van der Waals surface area contributed by atoms with Gasteiger partial charge >= 0.3 is 0 Å². The number of fused-ring (bicyclic) bond motifs is 1. The molecule has 0 spiro atoms. The third-order valence-electron chi connectivity index (χ3n) is 4.11. The van der Waals surface area contributed by atoms with Crippen LogP contribution >= 0.6 is 11.6 Å². The number of hydrogen-bond acceptors (Lipinski definition) is 5. The number of ether oxygens (including phenoxy) is 2. The Labute approximate surface area is 165 Å². The Hall–Kier alpha value is -3.45. The van der Waals surface area contributed by atoms with Gasteiger partial charge in [0.05, 0.1) is 29.1 Å². The molecule has 28 heavy (non-hydrogen) atoms. The summed E-state index contributed by atoms with van der Waals surface area (Å²) in [5.41, 5.74) is 0.993. The van der Waals surface area contributed by atoms with E-state index in [1.807, 2.05) is 0 Å². The van der Waals surface area contributed by atoms with Crippen LogP contribution in [0.3, 0.4) is 0 Å². The Morgan fingerprint density at radius 2 is 1.89 bits per heavy atom. The summed E-state index contributed by atoms with van der Waals surface area (Å²) in [7, 11) is 0. The van der Waals surface area contributed by atoms with Crippen molar-refractivity contribution in [3.05, 3.63) is 76.7 Å². The molecule has 142 valence electrons. The summed E-state index contributed by atoms with van der Waals surface area (Å²) in [6.45, 7) is 0.296. The summed E-state index contributed by atoms with van der Waals surface area (Å²) in [5.74, 6) is 0.686. The largest absolute Gasteiger partial charge is 0.467 e. The van der Waals surface area contributed by atoms with Gasteiger partial charge in [-0.3, -0.25) is 9.59 Å². The number of benzene rings is 2. The zero-order chi connectivity index (χ0) is 19.5. The molecule has 1 aliphatic rings. The van der Waals surface area contributed by atoms with E-state index in [-0.39, 0.29) is 24.3 Å². The molecule has 2 heterocycles. The van der Waals surface area contributed by atoms with E-state index in [1.54, 1.807) is 42.5 Å². The first-order chi connectivity index (χ1) is 13.6. The standard InChI is InChI=1S/C20H15ClN2O5/c21-15-8-12(9-17-18(15)28-11-27-17)19(24)23-16-6-2-1-5-14(16)20(25)22-10-13-4-3-7-26-13/h1-9H,10-11H2,(H,22,25)(H,23,24). The van der Waals surface area contributed by atoms with Gasteiger partial charge < -0.3 is 24.5 Å². The van der Waals surface area contributed by atoms with Crippen LogP contribution in [-0.2, 0) is 6.54 Å². The highest BCUT2D eigenvalue weighted by Crippen LogP contribution is 2.39. The maximum Gasteiger partial charge on any atom is 0.255 e. The number of furan rings is 1. The summed E-state index contributed by atoms with van der Waals surface area (Å²) in [6.07, 6.45) is 1.53. The summed E-state index contributed by atoms with van der Waals surface area (Å²) >= 11 is 6.14. The van der Waals surface area contributed by atoms with Gasteiger partial charge in [0.15, 0.2) is 11.5 Å². The van der Waals surface area contributed by atoms with Crippen LogP contribution in [0.4, 0.5) is 5.69 Å². The van der Waals surface area contributed by atoms with Crippen LogP contribution in [-0.4, -0.2) is 18.6 Å². The lowest BCUT2D eigenvalue weighted by Crippen LogP contribution is -2.24. The summed E-state index contributed by atoms with van der Waals surface area (Å²) in [6, 6.07) is 13.3. The summed E-state index contributed by atoms with van der Waals surface area (Å²) in [4.78, 5) is 25.2. The number of halogens is 1. The lowest BCUT2D eigenvalue weighted by molar-refractivity contribution is 0.0949. The third-order valence-corrected chi connectivity index (χ3v) is 4.39. The predicted molar refractivity (Wildman–Crippen MR) is 102 cm³/mol. The maximum atomic E-state index is 12.7. The van der Waals surface area contributed by atoms with Crippen LogP contribution in [0.2, 0.25) is 5.02 Å². The minimum Gasteiger partial charge on any atom is -0.467 e. The number of carbonyl (C=O) groups is 2. The molecule has 0 saturated carbocycles. The molecule has 1 aromatic heterocycles. The van der Waals surface area contributed by atoms with Gasteiger partial charge in [-0.05, 0) is 36.4 Å². The van der Waals surface area contributed by atoms with Gasteiger partial charge in [0, 0.05) is 5.56 Å². The highest BCUT2D eigenvalue weighted by molar-refractivity contribution is 6.33. The van der Waals surface area contributed by atoms with Crippen LogP contribution in [0.5, 0.6) is 11.5 Å². The number of amides is 2. The van der Waals surface area contributed by atoms with Crippen molar-refractivity contribution in [2.24, 2.45) is 0 Å². The molecule has 0 atom stereocenters. The van der Waals surface area contributed by atoms with E-state index in [0.29, 0.717) is 34.1 Å². The Bertz CT molecular complexity index is 1030. The minimum absolute atomic E-state index is 0.0544. The third kappa shape index (κ3) is 3.65. The zero-order valence-electron chi connectivity index (χ0n) is 14.5. The van der Waals surface area contributed by atoms with Crippen LogP contribution in [0.15, 0.2) is 59.2 Å². The molecule has 2 amide bonds. The fourth-order valence-corrected chi connectivity index (χ4v) is 3.02. The van der Waals surface area contributed by atoms with Crippen molar-refractivity contribution in [1.82, 2.24) is 5.32 Å². The molecule has 7 nitrogen and oxygen atoms in total. The van der Waals surface area contributed by atoms with Crippen LogP contribution in [0.1, 0.15) is 26.5 Å². The van der Waals surface area contributed by atoms with E-state index < -0.39 is 5.91 Å². The first-order valence-corrected chi connectivity index (χ1v) is 8.80. The molecule has 0 saturated heterocycles. The molecule has 0 radical (unpaired) electrons. The molecule has 0 bridgehead atoms. The maximum absolute atomic E-state index is 12.7. The number of nitrogens with one attached hydrogen (secondary N) is 2. The predicted octanol–water partition coefficient (Wildman–Crippen LogP) is 3.84. The molecular formula is C20H15ClN2O5. The van der Waals surface area contributed by atoms with Gasteiger partial charge in [-0.15, -0.1) is 0 Å². The van der Waals surface area contributed by atoms with E-state index in [4.69, 9.17) is 25.5 Å². The Balaban J connectivity index is 1.51. The normalized spacial score (nSPS) is 11.9. The van der Waals surface area contributed by atoms with E-state index in [2.05, 4.69) is 10.6 Å². The molecule has 4 rings (SSSR count). The average Bonchev–Trinajstić information content (AvgIpc) is 3.38. The second-order valence-electron chi connectivity index (χ2n) is 5.95. The molecule has 0 fully saturated rings. The Morgan fingerprint density at radius 3 is 2.71 bits per heavy atom. The number of hydrogen-bond donors (Lipinski definition) is 2. The molecule has 0 aliphatic carbocycles. The van der Waals surface area contributed by atoms with E-state index >= 15 is 0 Å². The molecule has 0 unspecified atom stereocenters. The van der Waals surface area contributed by atoms with Crippen molar-refractivity contribution in [3.8, 4) is 11.5 Å². The fraction of sp³-hybridized carbons (Fsp3) is 0.100. The van der Waals surface area contributed by atoms with Gasteiger partial charge in [-0.25, -0.2) is 0 Å². The monoisotopic (exact) mass is 398 g/mol. The van der Waals surface area contributed by atoms with Gasteiger partial charge in [0.25, 0.3) is 11.8 Å². The van der Waals surface area contributed by atoms with Crippen LogP contribution in [0.25, 0.3) is 0 Å². The molecule has 2 N–H and O–H groups in total. The van der Waals surface area contributed by atoms with Crippen LogP contribution < -0.4 is 20.1 Å². The molecule has 2 aromatic carbocycles. The molecule has 8 heteroatoms. The van der Waals surface area contributed by atoms with E-state index in [9.17, 15) is 9.59 Å². The molecule has 3 aromatic rings. The highest BCUT2D eigenvalue weighted by atomic mass is 35.5. The summed E-state index contributed by atoms with van der Waals surface area (Å²) in [5, 5.41) is 5.78. The van der Waals surface area contributed by atoms with Crippen molar-refractivity contribution >= 4 is 29.1 Å². The van der Waals surface area contributed by atoms with Crippen molar-refractivity contribution in [1.29, 1.82) is 0 Å². The van der Waals surface area contributed by atoms with Crippen molar-refractivity contribution < 1.29 is 23.5 Å². The Morgan fingerprint density at radius 1 is 1.04 bits per heavy atom. The lowest BCUT2D eigenvalue weighted by Gasteiger charge is -2.11. The highest BCUT2D eigenvalue weighted by Gasteiger charge is 2.21. The lowest BCUT2D eigenvalue weighted by atomic mass is 10.1. The summed E-state index contributed by atoms with van der Waals surface area (Å²) < 4.78 is 15.7. The second-order valence-corrected chi connectivity index (χ2v) is 6.36. The van der Waals surface area contributed by atoms with Crippen molar-refractivity contribution in [2.45, 2.75) is 6.54 Å². The van der Waals surface area contributed by atoms with Crippen molar-refractivity contribution in [3.63, 3.8) is 0 Å². The zero-order valence-corrected chi connectivity index (χ0v) is 15.3. The van der Waals surface area contributed by atoms with Gasteiger partial charge in [-0.1, -0.05) is 23.7 Å². The number of para-hydroxylation sites is 1. The van der Waals surface area contributed by atoms with E-state index in [0.717, 1.165) is 0 Å². The smallest absolute Gasteiger partial charge is 0.255 e. The molecule has 1 aliphatic heterocycles. The SMILES string of the molecule is O=C(Nc1ccccc1C(=O)NCc1ccco1)c1cc(Cl)c2c(c1)OCO2. The number of anilines is 1. The Kier molecular flexibility index (Phi) is 4.90. The minimum atomic E-state index is -0.425. The quantitative estimate of drug-likeness (QED) is 0.681. The first-order valence-electron chi connectivity index (χ1n) is 8.42. The molecular weight excluding hydrogens is 384 g/mol. The number of rotatable bonds is 5. The van der Waals surface area contributed by atoms with E-state index in [1.165, 1.54) is 12.3 Å². The van der Waals surface area contributed by atoms with Gasteiger partial charge in [0.1, 0.15) is 5.76 Å². The number of carbonyl (C=O) groups excluding carboxylic acids is 2. The second kappa shape index (κ2) is 7.66. The van der Waals surface area contributed by atoms with Gasteiger partial charge in [0.2, 0.25) is 6.79 Å².